The maximum Gasteiger partial charge on any atom is 0.299 e. The lowest BCUT2D eigenvalue weighted by atomic mass is 10.2. The van der Waals surface area contributed by atoms with E-state index in [0.29, 0.717) is 11.0 Å². The van der Waals surface area contributed by atoms with Crippen LogP contribution in [0.5, 0.6) is 0 Å². The van der Waals surface area contributed by atoms with Crippen molar-refractivity contribution in [2.75, 3.05) is 11.4 Å². The Morgan fingerprint density at radius 3 is 2.96 bits per heavy atom. The molecule has 0 bridgehead atoms. The molecule has 0 saturated carbocycles. The van der Waals surface area contributed by atoms with E-state index in [1.807, 2.05) is 42.5 Å². The summed E-state index contributed by atoms with van der Waals surface area (Å²) in [6.45, 7) is 0.912. The predicted molar refractivity (Wildman–Crippen MR) is 94.4 cm³/mol. The molecule has 1 saturated heterocycles. The summed E-state index contributed by atoms with van der Waals surface area (Å²) in [5, 5.41) is 0.708. The molecule has 1 N–H and O–H groups in total. The van der Waals surface area contributed by atoms with Crippen LogP contribution in [0.25, 0.3) is 22.1 Å². The number of anilines is 1. The third-order valence-corrected chi connectivity index (χ3v) is 4.79. The number of rotatable bonds is 2. The molecule has 1 unspecified atom stereocenters. The van der Waals surface area contributed by atoms with Crippen LogP contribution in [0.4, 0.5) is 6.01 Å². The second-order valence-corrected chi connectivity index (χ2v) is 6.54. The van der Waals surface area contributed by atoms with E-state index in [1.165, 1.54) is 0 Å². The van der Waals surface area contributed by atoms with Crippen LogP contribution in [-0.4, -0.2) is 21.5 Å². The highest BCUT2D eigenvalue weighted by atomic mass is 35.5. The number of oxazole rings is 1. The molecule has 1 aliphatic heterocycles. The third-order valence-electron chi connectivity index (χ3n) is 4.56. The smallest absolute Gasteiger partial charge is 0.299 e. The van der Waals surface area contributed by atoms with Gasteiger partial charge in [0.1, 0.15) is 11.3 Å². The average molecular weight is 339 g/mol. The maximum absolute atomic E-state index is 6.07. The number of aromatic amines is 1. The van der Waals surface area contributed by atoms with E-state index in [-0.39, 0.29) is 6.04 Å². The topological polar surface area (TPSA) is 58.0 Å². The van der Waals surface area contributed by atoms with E-state index in [1.54, 1.807) is 0 Å². The van der Waals surface area contributed by atoms with Crippen LogP contribution in [-0.2, 0) is 0 Å². The first-order valence-electron chi connectivity index (χ1n) is 8.05. The number of fused-ring (bicyclic) bond motifs is 2. The molecule has 3 heterocycles. The van der Waals surface area contributed by atoms with Crippen molar-refractivity contribution in [3.05, 3.63) is 53.3 Å². The molecule has 4 aromatic rings. The van der Waals surface area contributed by atoms with Gasteiger partial charge in [-0.1, -0.05) is 23.7 Å². The first-order chi connectivity index (χ1) is 11.8. The van der Waals surface area contributed by atoms with E-state index in [2.05, 4.69) is 14.9 Å². The predicted octanol–water partition coefficient (Wildman–Crippen LogP) is 4.70. The summed E-state index contributed by atoms with van der Waals surface area (Å²) in [5.41, 5.74) is 3.59. The number of hydrogen-bond acceptors (Lipinski definition) is 4. The van der Waals surface area contributed by atoms with Gasteiger partial charge >= 0.3 is 0 Å². The normalized spacial score (nSPS) is 18.0. The van der Waals surface area contributed by atoms with Gasteiger partial charge in [0.2, 0.25) is 0 Å². The molecule has 120 valence electrons. The van der Waals surface area contributed by atoms with Crippen molar-refractivity contribution in [3.8, 4) is 0 Å². The van der Waals surface area contributed by atoms with Crippen LogP contribution in [0.2, 0.25) is 5.02 Å². The van der Waals surface area contributed by atoms with Crippen LogP contribution in [0.15, 0.2) is 46.9 Å². The molecular weight excluding hydrogens is 324 g/mol. The SMILES string of the molecule is Clc1ccc2nc(C3CCCN3c3nc4ccccc4o3)[nH]c2c1. The van der Waals surface area contributed by atoms with Gasteiger partial charge in [0, 0.05) is 11.6 Å². The van der Waals surface area contributed by atoms with Gasteiger partial charge in [0.15, 0.2) is 5.58 Å². The highest BCUT2D eigenvalue weighted by Gasteiger charge is 2.31. The number of aromatic nitrogens is 3. The second-order valence-electron chi connectivity index (χ2n) is 6.10. The van der Waals surface area contributed by atoms with Crippen molar-refractivity contribution >= 4 is 39.7 Å². The van der Waals surface area contributed by atoms with Crippen molar-refractivity contribution in [3.63, 3.8) is 0 Å². The lowest BCUT2D eigenvalue weighted by Gasteiger charge is -2.20. The first-order valence-corrected chi connectivity index (χ1v) is 8.43. The first kappa shape index (κ1) is 13.9. The summed E-state index contributed by atoms with van der Waals surface area (Å²) in [7, 11) is 0. The fourth-order valence-electron chi connectivity index (χ4n) is 3.42. The summed E-state index contributed by atoms with van der Waals surface area (Å²) in [6.07, 6.45) is 2.10. The zero-order chi connectivity index (χ0) is 16.1. The molecule has 0 radical (unpaired) electrons. The molecule has 5 rings (SSSR count). The lowest BCUT2D eigenvalue weighted by Crippen LogP contribution is -2.23. The Bertz CT molecular complexity index is 1000. The van der Waals surface area contributed by atoms with Gasteiger partial charge in [-0.3, -0.25) is 0 Å². The Balaban J connectivity index is 1.56. The van der Waals surface area contributed by atoms with Gasteiger partial charge in [-0.25, -0.2) is 4.98 Å². The van der Waals surface area contributed by atoms with Gasteiger partial charge in [-0.15, -0.1) is 0 Å². The number of nitrogens with zero attached hydrogens (tertiary/aromatic N) is 3. The number of para-hydroxylation sites is 2. The van der Waals surface area contributed by atoms with Crippen molar-refractivity contribution in [2.45, 2.75) is 18.9 Å². The maximum atomic E-state index is 6.07. The van der Waals surface area contributed by atoms with E-state index in [9.17, 15) is 0 Å². The molecule has 6 heteroatoms. The van der Waals surface area contributed by atoms with E-state index in [0.717, 1.165) is 47.3 Å². The minimum absolute atomic E-state index is 0.143. The minimum atomic E-state index is 0.143. The number of nitrogens with one attached hydrogen (secondary N) is 1. The fourth-order valence-corrected chi connectivity index (χ4v) is 3.59. The Morgan fingerprint density at radius 1 is 1.12 bits per heavy atom. The molecule has 0 spiro atoms. The zero-order valence-electron chi connectivity index (χ0n) is 12.9. The number of halogens is 1. The molecule has 1 fully saturated rings. The van der Waals surface area contributed by atoms with Gasteiger partial charge in [-0.2, -0.15) is 4.98 Å². The van der Waals surface area contributed by atoms with E-state index >= 15 is 0 Å². The molecular formula is C18H15ClN4O. The third kappa shape index (κ3) is 2.16. The Hall–Kier alpha value is -2.53. The number of benzene rings is 2. The quantitative estimate of drug-likeness (QED) is 0.575. The molecule has 0 aliphatic carbocycles. The largest absolute Gasteiger partial charge is 0.423 e. The van der Waals surface area contributed by atoms with Crippen LogP contribution >= 0.6 is 11.6 Å². The second kappa shape index (κ2) is 5.24. The fraction of sp³-hybridized carbons (Fsp3) is 0.222. The van der Waals surface area contributed by atoms with Gasteiger partial charge in [0.25, 0.3) is 6.01 Å². The van der Waals surface area contributed by atoms with Crippen LogP contribution in [0.1, 0.15) is 24.7 Å². The molecule has 5 nitrogen and oxygen atoms in total. The monoisotopic (exact) mass is 338 g/mol. The van der Waals surface area contributed by atoms with Crippen molar-refractivity contribution in [1.29, 1.82) is 0 Å². The molecule has 2 aromatic carbocycles. The Kier molecular flexibility index (Phi) is 3.03. The van der Waals surface area contributed by atoms with Crippen LogP contribution in [0, 0.1) is 0 Å². The van der Waals surface area contributed by atoms with Crippen molar-refractivity contribution in [2.24, 2.45) is 0 Å². The summed E-state index contributed by atoms with van der Waals surface area (Å²) in [5.74, 6) is 0.937. The Morgan fingerprint density at radius 2 is 2.04 bits per heavy atom. The molecule has 24 heavy (non-hydrogen) atoms. The number of imidazole rings is 1. The molecule has 0 amide bonds. The highest BCUT2D eigenvalue weighted by molar-refractivity contribution is 6.31. The summed E-state index contributed by atoms with van der Waals surface area (Å²) < 4.78 is 5.95. The van der Waals surface area contributed by atoms with Crippen molar-refractivity contribution < 1.29 is 4.42 Å². The molecule has 2 aromatic heterocycles. The van der Waals surface area contributed by atoms with Crippen molar-refractivity contribution in [1.82, 2.24) is 15.0 Å². The average Bonchev–Trinajstić information content (AvgIpc) is 3.30. The Labute approximate surface area is 143 Å². The summed E-state index contributed by atoms with van der Waals surface area (Å²) in [4.78, 5) is 15.0. The van der Waals surface area contributed by atoms with Crippen LogP contribution < -0.4 is 4.90 Å². The summed E-state index contributed by atoms with van der Waals surface area (Å²) >= 11 is 6.07. The highest BCUT2D eigenvalue weighted by Crippen LogP contribution is 2.36. The zero-order valence-corrected chi connectivity index (χ0v) is 13.6. The summed E-state index contributed by atoms with van der Waals surface area (Å²) in [6, 6.07) is 14.4. The molecule has 1 atom stereocenters. The van der Waals surface area contributed by atoms with E-state index < -0.39 is 0 Å². The number of H-pyrrole nitrogens is 1. The van der Waals surface area contributed by atoms with E-state index in [4.69, 9.17) is 21.0 Å². The lowest BCUT2D eigenvalue weighted by molar-refractivity contribution is 0.549. The standard InChI is InChI=1S/C18H15ClN4O/c19-11-7-8-12-14(10-11)21-17(20-12)15-5-3-9-23(15)18-22-13-4-1-2-6-16(13)24-18/h1-2,4,6-8,10,15H,3,5,9H2,(H,20,21). The van der Waals surface area contributed by atoms with Gasteiger partial charge in [0.05, 0.1) is 17.1 Å². The number of hydrogen-bond donors (Lipinski definition) is 1. The van der Waals surface area contributed by atoms with Gasteiger partial charge in [-0.05, 0) is 43.2 Å². The minimum Gasteiger partial charge on any atom is -0.423 e. The molecule has 1 aliphatic rings. The van der Waals surface area contributed by atoms with Crippen LogP contribution in [0.3, 0.4) is 0 Å². The van der Waals surface area contributed by atoms with Gasteiger partial charge < -0.3 is 14.3 Å².